The molecule has 1 unspecified atom stereocenters. The zero-order valence-corrected chi connectivity index (χ0v) is 17.4. The molecule has 0 aromatic heterocycles. The second-order valence-electron chi connectivity index (χ2n) is 6.06. The molecule has 1 aromatic rings. The quantitative estimate of drug-likeness (QED) is 0.555. The molecule has 0 spiro atoms. The van der Waals surface area contributed by atoms with Crippen LogP contribution in [0.5, 0.6) is 0 Å². The van der Waals surface area contributed by atoms with Gasteiger partial charge in [0.25, 0.3) is 11.8 Å². The Balaban J connectivity index is 2.09. The number of rotatable bonds is 5. The van der Waals surface area contributed by atoms with E-state index in [4.69, 9.17) is 12.2 Å². The number of hydrogen-bond donors (Lipinski definition) is 1. The van der Waals surface area contributed by atoms with Crippen LogP contribution in [0.25, 0.3) is 5.57 Å². The van der Waals surface area contributed by atoms with Crippen molar-refractivity contribution in [1.29, 1.82) is 0 Å². The standard InChI is InChI=1S/C18H16N2O5S3/c1-9(21)19-11-6-4-3-5-10(11)13(15(19)22)14-16(23)20(18(26)28-14)12(17(24)25)7-8-27-2/h3-6,12H,7-8H2,1-2H3,(H,24,25)/b14-13+. The van der Waals surface area contributed by atoms with Crippen LogP contribution < -0.4 is 4.90 Å². The summed E-state index contributed by atoms with van der Waals surface area (Å²) in [4.78, 5) is 51.8. The summed E-state index contributed by atoms with van der Waals surface area (Å²) in [6.07, 6.45) is 2.07. The van der Waals surface area contributed by atoms with E-state index in [1.54, 1.807) is 24.3 Å². The van der Waals surface area contributed by atoms with Crippen LogP contribution in [0.1, 0.15) is 18.9 Å². The minimum Gasteiger partial charge on any atom is -0.480 e. The number of imide groups is 1. The molecule has 1 fully saturated rings. The van der Waals surface area contributed by atoms with E-state index in [1.807, 2.05) is 6.26 Å². The van der Waals surface area contributed by atoms with Crippen molar-refractivity contribution in [3.05, 3.63) is 34.7 Å². The Labute approximate surface area is 175 Å². The van der Waals surface area contributed by atoms with E-state index in [-0.39, 0.29) is 21.2 Å². The van der Waals surface area contributed by atoms with Crippen LogP contribution in [0, 0.1) is 0 Å². The summed E-state index contributed by atoms with van der Waals surface area (Å²) >= 11 is 7.63. The summed E-state index contributed by atoms with van der Waals surface area (Å²) in [5, 5.41) is 9.56. The van der Waals surface area contributed by atoms with Crippen LogP contribution in [-0.2, 0) is 19.2 Å². The monoisotopic (exact) mass is 436 g/mol. The summed E-state index contributed by atoms with van der Waals surface area (Å²) in [6.45, 7) is 1.27. The van der Waals surface area contributed by atoms with Crippen molar-refractivity contribution in [2.24, 2.45) is 0 Å². The second kappa shape index (κ2) is 8.06. The Hall–Kier alpha value is -2.17. The van der Waals surface area contributed by atoms with Gasteiger partial charge in [-0.05, 0) is 24.5 Å². The number of aliphatic carboxylic acids is 1. The van der Waals surface area contributed by atoms with Crippen molar-refractivity contribution in [1.82, 2.24) is 4.90 Å². The number of thiocarbonyl (C=S) groups is 1. The number of nitrogens with zero attached hydrogens (tertiary/aromatic N) is 2. The SMILES string of the molecule is CSCCC(C(=O)O)N1C(=O)/C(=C2\C(=O)N(C(C)=O)c3ccccc32)SC1=S. The number of carbonyl (C=O) groups is 4. The number of thioether (sulfide) groups is 2. The van der Waals surface area contributed by atoms with Crippen molar-refractivity contribution in [2.45, 2.75) is 19.4 Å². The maximum Gasteiger partial charge on any atom is 0.326 e. The number of carbonyl (C=O) groups excluding carboxylic acids is 3. The highest BCUT2D eigenvalue weighted by atomic mass is 32.2. The van der Waals surface area contributed by atoms with Gasteiger partial charge in [0.1, 0.15) is 10.4 Å². The molecule has 7 nitrogen and oxygen atoms in total. The molecule has 0 aliphatic carbocycles. The molecule has 3 rings (SSSR count). The Kier molecular flexibility index (Phi) is 5.92. The van der Waals surface area contributed by atoms with Gasteiger partial charge in [-0.15, -0.1) is 0 Å². The molecule has 1 aromatic carbocycles. The lowest BCUT2D eigenvalue weighted by atomic mass is 10.1. The van der Waals surface area contributed by atoms with Gasteiger partial charge in [0.2, 0.25) is 5.91 Å². The average Bonchev–Trinajstić information content (AvgIpc) is 3.08. The van der Waals surface area contributed by atoms with E-state index >= 15 is 0 Å². The minimum absolute atomic E-state index is 0.0570. The predicted octanol–water partition coefficient (Wildman–Crippen LogP) is 2.36. The molecular weight excluding hydrogens is 420 g/mol. The van der Waals surface area contributed by atoms with Gasteiger partial charge in [-0.2, -0.15) is 11.8 Å². The highest BCUT2D eigenvalue weighted by Crippen LogP contribution is 2.45. The third kappa shape index (κ3) is 3.36. The summed E-state index contributed by atoms with van der Waals surface area (Å²) in [5.74, 6) is -2.30. The number of anilines is 1. The first-order chi connectivity index (χ1) is 13.3. The summed E-state index contributed by atoms with van der Waals surface area (Å²) in [7, 11) is 0. The van der Waals surface area contributed by atoms with Crippen molar-refractivity contribution in [2.75, 3.05) is 16.9 Å². The number of carboxylic acids is 1. The average molecular weight is 437 g/mol. The molecule has 1 saturated heterocycles. The topological polar surface area (TPSA) is 95.0 Å². The van der Waals surface area contributed by atoms with Crippen LogP contribution in [0.4, 0.5) is 5.69 Å². The van der Waals surface area contributed by atoms with E-state index < -0.39 is 29.7 Å². The third-order valence-electron chi connectivity index (χ3n) is 4.36. The summed E-state index contributed by atoms with van der Waals surface area (Å²) < 4.78 is 0.0903. The number of amides is 3. The van der Waals surface area contributed by atoms with Gasteiger partial charge >= 0.3 is 5.97 Å². The lowest BCUT2D eigenvalue weighted by Crippen LogP contribution is -2.44. The van der Waals surface area contributed by atoms with Gasteiger partial charge in [-0.3, -0.25) is 19.3 Å². The fraction of sp³-hybridized carbons (Fsp3) is 0.278. The Morgan fingerprint density at radius 1 is 1.25 bits per heavy atom. The lowest BCUT2D eigenvalue weighted by Gasteiger charge is -2.22. The summed E-state index contributed by atoms with van der Waals surface area (Å²) in [5.41, 5.74) is 0.941. The van der Waals surface area contributed by atoms with Gasteiger partial charge < -0.3 is 5.11 Å². The van der Waals surface area contributed by atoms with Crippen molar-refractivity contribution >= 4 is 75.0 Å². The number of benzene rings is 1. The molecule has 0 saturated carbocycles. The number of hydrogen-bond acceptors (Lipinski definition) is 7. The lowest BCUT2D eigenvalue weighted by molar-refractivity contribution is -0.145. The second-order valence-corrected chi connectivity index (χ2v) is 8.69. The van der Waals surface area contributed by atoms with Crippen molar-refractivity contribution < 1.29 is 24.3 Å². The van der Waals surface area contributed by atoms with Crippen molar-refractivity contribution in [3.63, 3.8) is 0 Å². The van der Waals surface area contributed by atoms with Gasteiger partial charge in [0.05, 0.1) is 16.2 Å². The molecule has 2 heterocycles. The molecule has 3 amide bonds. The molecule has 1 N–H and O–H groups in total. The number of fused-ring (bicyclic) bond motifs is 1. The molecule has 0 bridgehead atoms. The molecule has 146 valence electrons. The maximum absolute atomic E-state index is 13.1. The molecule has 0 radical (unpaired) electrons. The fourth-order valence-corrected chi connectivity index (χ4v) is 5.03. The van der Waals surface area contributed by atoms with Crippen LogP contribution in [0.3, 0.4) is 0 Å². The largest absolute Gasteiger partial charge is 0.480 e. The number of para-hydroxylation sites is 1. The zero-order chi connectivity index (χ0) is 20.6. The molecule has 28 heavy (non-hydrogen) atoms. The van der Waals surface area contributed by atoms with Gasteiger partial charge in [-0.1, -0.05) is 42.2 Å². The Bertz CT molecular complexity index is 943. The van der Waals surface area contributed by atoms with Crippen molar-refractivity contribution in [3.8, 4) is 0 Å². The smallest absolute Gasteiger partial charge is 0.326 e. The van der Waals surface area contributed by atoms with Crippen LogP contribution >= 0.6 is 35.7 Å². The molecule has 2 aliphatic heterocycles. The fourth-order valence-electron chi connectivity index (χ4n) is 3.14. The van der Waals surface area contributed by atoms with Crippen LogP contribution in [-0.4, -0.2) is 56.1 Å². The van der Waals surface area contributed by atoms with Gasteiger partial charge in [0.15, 0.2) is 0 Å². The highest BCUT2D eigenvalue weighted by Gasteiger charge is 2.46. The van der Waals surface area contributed by atoms with Crippen LogP contribution in [0.15, 0.2) is 29.2 Å². The minimum atomic E-state index is -1.15. The van der Waals surface area contributed by atoms with E-state index in [2.05, 4.69) is 0 Å². The molecular formula is C18H16N2O5S3. The Morgan fingerprint density at radius 2 is 1.93 bits per heavy atom. The first-order valence-corrected chi connectivity index (χ1v) is 10.9. The molecule has 1 atom stereocenters. The van der Waals surface area contributed by atoms with E-state index in [9.17, 15) is 24.3 Å². The highest BCUT2D eigenvalue weighted by molar-refractivity contribution is 8.26. The van der Waals surface area contributed by atoms with E-state index in [1.165, 1.54) is 18.7 Å². The summed E-state index contributed by atoms with van der Waals surface area (Å²) in [6, 6.07) is 5.57. The first-order valence-electron chi connectivity index (χ1n) is 8.25. The predicted molar refractivity (Wildman–Crippen MR) is 113 cm³/mol. The Morgan fingerprint density at radius 3 is 2.54 bits per heavy atom. The van der Waals surface area contributed by atoms with Crippen LogP contribution in [0.2, 0.25) is 0 Å². The maximum atomic E-state index is 13.1. The first kappa shape index (κ1) is 20.6. The molecule has 2 aliphatic rings. The number of carboxylic acid groups (broad SMARTS) is 1. The van der Waals surface area contributed by atoms with Gasteiger partial charge in [0, 0.05) is 12.5 Å². The zero-order valence-electron chi connectivity index (χ0n) is 15.0. The normalized spacial score (nSPS) is 20.0. The molecule has 10 heteroatoms. The van der Waals surface area contributed by atoms with E-state index in [0.29, 0.717) is 17.0 Å². The van der Waals surface area contributed by atoms with Gasteiger partial charge in [-0.25, -0.2) is 9.69 Å². The third-order valence-corrected chi connectivity index (χ3v) is 6.41. The van der Waals surface area contributed by atoms with E-state index in [0.717, 1.165) is 21.6 Å².